The average molecular weight is 369 g/mol. The minimum atomic E-state index is -0.271. The Morgan fingerprint density at radius 1 is 1.15 bits per heavy atom. The van der Waals surface area contributed by atoms with Gasteiger partial charge in [0, 0.05) is 41.0 Å². The third-order valence-corrected chi connectivity index (χ3v) is 5.65. The Morgan fingerprint density at radius 2 is 2.08 bits per heavy atom. The van der Waals surface area contributed by atoms with E-state index in [1.54, 1.807) is 0 Å². The van der Waals surface area contributed by atoms with Gasteiger partial charge in [-0.1, -0.05) is 23.7 Å². The zero-order chi connectivity index (χ0) is 17.7. The fraction of sp³-hybridized carbons (Fsp3) is 0.400. The number of anilines is 1. The summed E-state index contributed by atoms with van der Waals surface area (Å²) in [4.78, 5) is 7.17. The molecular formula is C20H21ClN4O. The number of halogens is 1. The van der Waals surface area contributed by atoms with Gasteiger partial charge in [-0.15, -0.1) is 0 Å². The molecule has 0 amide bonds. The highest BCUT2D eigenvalue weighted by Gasteiger charge is 2.28. The number of benzene rings is 1. The Morgan fingerprint density at radius 3 is 2.92 bits per heavy atom. The number of hydrogen-bond donors (Lipinski definition) is 1. The Labute approximate surface area is 157 Å². The van der Waals surface area contributed by atoms with Crippen LogP contribution in [0.15, 0.2) is 30.3 Å². The lowest BCUT2D eigenvalue weighted by atomic mass is 10.1. The first-order chi connectivity index (χ1) is 12.7. The molecule has 1 atom stereocenters. The highest BCUT2D eigenvalue weighted by Crippen LogP contribution is 2.34. The normalized spacial score (nSPS) is 19.9. The molecule has 1 N–H and O–H groups in total. The third-order valence-electron chi connectivity index (χ3n) is 5.42. The Hall–Kier alpha value is -2.11. The first-order valence-corrected chi connectivity index (χ1v) is 9.67. The first kappa shape index (κ1) is 16.1. The van der Waals surface area contributed by atoms with Crippen molar-refractivity contribution in [1.29, 1.82) is 0 Å². The van der Waals surface area contributed by atoms with Gasteiger partial charge in [0.1, 0.15) is 5.82 Å². The number of aliphatic hydroxyl groups excluding tert-OH is 1. The van der Waals surface area contributed by atoms with E-state index in [4.69, 9.17) is 21.7 Å². The maximum Gasteiger partial charge on any atom is 0.158 e. The van der Waals surface area contributed by atoms with Gasteiger partial charge in [0.15, 0.2) is 5.65 Å². The molecule has 0 unspecified atom stereocenters. The van der Waals surface area contributed by atoms with E-state index >= 15 is 0 Å². The highest BCUT2D eigenvalue weighted by atomic mass is 35.5. The fourth-order valence-corrected chi connectivity index (χ4v) is 4.42. The molecule has 5 nitrogen and oxygen atoms in total. The number of hydrogen-bond acceptors (Lipinski definition) is 4. The fourth-order valence-electron chi connectivity index (χ4n) is 4.23. The van der Waals surface area contributed by atoms with Crippen molar-refractivity contribution in [1.82, 2.24) is 14.6 Å². The predicted molar refractivity (Wildman–Crippen MR) is 103 cm³/mol. The maximum atomic E-state index is 10.2. The maximum absolute atomic E-state index is 10.2. The molecular weight excluding hydrogens is 348 g/mol. The average Bonchev–Trinajstić information content (AvgIpc) is 3.25. The van der Waals surface area contributed by atoms with E-state index in [-0.39, 0.29) is 6.10 Å². The SMILES string of the molecule is O[C@@H]1CCCN(c2c3c(nc4cc(-c5cccc(Cl)c5)nn24)CCC3)C1. The summed E-state index contributed by atoms with van der Waals surface area (Å²) in [5, 5.41) is 15.8. The second kappa shape index (κ2) is 6.25. The molecule has 0 saturated carbocycles. The van der Waals surface area contributed by atoms with Crippen molar-refractivity contribution in [2.24, 2.45) is 0 Å². The Kier molecular flexibility index (Phi) is 3.87. The highest BCUT2D eigenvalue weighted by molar-refractivity contribution is 6.30. The van der Waals surface area contributed by atoms with E-state index < -0.39 is 0 Å². The largest absolute Gasteiger partial charge is 0.391 e. The van der Waals surface area contributed by atoms with Crippen LogP contribution in [0.25, 0.3) is 16.9 Å². The summed E-state index contributed by atoms with van der Waals surface area (Å²) >= 11 is 6.16. The molecule has 1 fully saturated rings. The van der Waals surface area contributed by atoms with Gasteiger partial charge in [-0.05, 0) is 44.2 Å². The van der Waals surface area contributed by atoms with Gasteiger partial charge in [-0.2, -0.15) is 9.61 Å². The molecule has 1 saturated heterocycles. The standard InChI is InChI=1S/C20H21ClN4O/c21-14-5-1-4-13(10-14)18-11-19-22-17-8-2-7-16(17)20(25(19)23-18)24-9-3-6-15(26)12-24/h1,4-5,10-11,15,26H,2-3,6-9,12H2/t15-/m1/s1. The van der Waals surface area contributed by atoms with Crippen LogP contribution in [0.5, 0.6) is 0 Å². The van der Waals surface area contributed by atoms with Gasteiger partial charge in [-0.3, -0.25) is 0 Å². The summed E-state index contributed by atoms with van der Waals surface area (Å²) in [5.74, 6) is 1.12. The van der Waals surface area contributed by atoms with Crippen LogP contribution in [0.2, 0.25) is 5.02 Å². The van der Waals surface area contributed by atoms with Crippen molar-refractivity contribution in [2.75, 3.05) is 18.0 Å². The van der Waals surface area contributed by atoms with Gasteiger partial charge in [0.2, 0.25) is 0 Å². The van der Waals surface area contributed by atoms with E-state index in [0.717, 1.165) is 61.4 Å². The molecule has 0 radical (unpaired) electrons. The summed E-state index contributed by atoms with van der Waals surface area (Å²) in [6.07, 6.45) is 4.80. The first-order valence-electron chi connectivity index (χ1n) is 9.29. The van der Waals surface area contributed by atoms with Gasteiger partial charge in [0.25, 0.3) is 0 Å². The van der Waals surface area contributed by atoms with Crippen LogP contribution in [-0.2, 0) is 12.8 Å². The topological polar surface area (TPSA) is 53.7 Å². The van der Waals surface area contributed by atoms with Crippen LogP contribution in [0, 0.1) is 0 Å². The van der Waals surface area contributed by atoms with Gasteiger partial charge in [-0.25, -0.2) is 4.98 Å². The van der Waals surface area contributed by atoms with E-state index in [1.807, 2.05) is 34.8 Å². The van der Waals surface area contributed by atoms with Crippen molar-refractivity contribution in [3.63, 3.8) is 0 Å². The summed E-state index contributed by atoms with van der Waals surface area (Å²) in [7, 11) is 0. The number of nitrogens with zero attached hydrogens (tertiary/aromatic N) is 4. The van der Waals surface area contributed by atoms with Crippen molar-refractivity contribution in [2.45, 2.75) is 38.2 Å². The van der Waals surface area contributed by atoms with Crippen molar-refractivity contribution >= 4 is 23.1 Å². The molecule has 2 aromatic heterocycles. The summed E-state index contributed by atoms with van der Waals surface area (Å²) in [5.41, 5.74) is 5.23. The van der Waals surface area contributed by atoms with E-state index in [0.29, 0.717) is 11.6 Å². The lowest BCUT2D eigenvalue weighted by molar-refractivity contribution is 0.153. The van der Waals surface area contributed by atoms with Gasteiger partial charge in [0.05, 0.1) is 11.8 Å². The van der Waals surface area contributed by atoms with Crippen molar-refractivity contribution < 1.29 is 5.11 Å². The number of rotatable bonds is 2. The Balaban J connectivity index is 1.69. The molecule has 1 aliphatic carbocycles. The van der Waals surface area contributed by atoms with E-state index in [1.165, 1.54) is 11.3 Å². The number of aryl methyl sites for hydroxylation is 1. The quantitative estimate of drug-likeness (QED) is 0.752. The Bertz CT molecular complexity index is 983. The smallest absolute Gasteiger partial charge is 0.158 e. The van der Waals surface area contributed by atoms with Gasteiger partial charge < -0.3 is 10.0 Å². The molecule has 1 aromatic carbocycles. The molecule has 134 valence electrons. The van der Waals surface area contributed by atoms with Crippen LogP contribution in [0.4, 0.5) is 5.82 Å². The minimum Gasteiger partial charge on any atom is -0.391 e. The van der Waals surface area contributed by atoms with E-state index in [9.17, 15) is 5.11 Å². The molecule has 26 heavy (non-hydrogen) atoms. The number of aromatic nitrogens is 3. The van der Waals surface area contributed by atoms with Crippen LogP contribution < -0.4 is 4.90 Å². The number of fused-ring (bicyclic) bond motifs is 2. The summed E-state index contributed by atoms with van der Waals surface area (Å²) in [6.45, 7) is 1.62. The molecule has 0 bridgehead atoms. The molecule has 3 aromatic rings. The monoisotopic (exact) mass is 368 g/mol. The molecule has 3 heterocycles. The summed E-state index contributed by atoms with van der Waals surface area (Å²) in [6, 6.07) is 9.80. The van der Waals surface area contributed by atoms with Crippen molar-refractivity contribution in [3.8, 4) is 11.3 Å². The number of β-amino-alcohol motifs (C(OH)–C–C–N with tert-alkyl or cyclic N) is 1. The van der Waals surface area contributed by atoms with Crippen LogP contribution in [-0.4, -0.2) is 38.9 Å². The minimum absolute atomic E-state index is 0.271. The molecule has 1 aliphatic heterocycles. The molecule has 5 rings (SSSR count). The van der Waals surface area contributed by atoms with Crippen LogP contribution >= 0.6 is 11.6 Å². The molecule has 0 spiro atoms. The second-order valence-electron chi connectivity index (χ2n) is 7.27. The second-order valence-corrected chi connectivity index (χ2v) is 7.70. The zero-order valence-corrected chi connectivity index (χ0v) is 15.3. The molecule has 6 heteroatoms. The number of aliphatic hydroxyl groups is 1. The number of piperidine rings is 1. The summed E-state index contributed by atoms with van der Waals surface area (Å²) < 4.78 is 1.97. The molecule has 2 aliphatic rings. The van der Waals surface area contributed by atoms with Crippen LogP contribution in [0.3, 0.4) is 0 Å². The van der Waals surface area contributed by atoms with E-state index in [2.05, 4.69) is 4.90 Å². The lowest BCUT2D eigenvalue weighted by Gasteiger charge is -2.33. The third kappa shape index (κ3) is 2.66. The zero-order valence-electron chi connectivity index (χ0n) is 14.5. The van der Waals surface area contributed by atoms with Gasteiger partial charge >= 0.3 is 0 Å². The predicted octanol–water partition coefficient (Wildman–Crippen LogP) is 3.50. The lowest BCUT2D eigenvalue weighted by Crippen LogP contribution is -2.40. The van der Waals surface area contributed by atoms with Crippen molar-refractivity contribution in [3.05, 3.63) is 46.6 Å². The van der Waals surface area contributed by atoms with Crippen LogP contribution in [0.1, 0.15) is 30.5 Å².